The van der Waals surface area contributed by atoms with E-state index in [1.54, 1.807) is 7.05 Å². The second-order valence-corrected chi connectivity index (χ2v) is 6.72. The fourth-order valence-electron chi connectivity index (χ4n) is 2.20. The van der Waals surface area contributed by atoms with Gasteiger partial charge in [0.05, 0.1) is 13.1 Å². The van der Waals surface area contributed by atoms with Gasteiger partial charge in [-0.05, 0) is 45.7 Å². The van der Waals surface area contributed by atoms with Crippen molar-refractivity contribution in [1.82, 2.24) is 16.0 Å². The number of nitrogens with one attached hydrogen (secondary N) is 3. The molecule has 0 saturated carbocycles. The maximum atomic E-state index is 11.8. The fraction of sp³-hybridized carbons (Fsp3) is 0.556. The second-order valence-electron chi connectivity index (χ2n) is 6.72. The van der Waals surface area contributed by atoms with E-state index in [0.717, 1.165) is 16.9 Å². The Morgan fingerprint density at radius 1 is 1.16 bits per heavy atom. The minimum atomic E-state index is -0.241. The van der Waals surface area contributed by atoms with Crippen molar-refractivity contribution < 1.29 is 9.53 Å². The van der Waals surface area contributed by atoms with Crippen LogP contribution in [-0.2, 0) is 4.79 Å². The largest absolute Gasteiger partial charge is 0.491 e. The van der Waals surface area contributed by atoms with Crippen LogP contribution in [-0.4, -0.2) is 44.1 Å². The number of aliphatic imine (C=N–C) groups is 1. The lowest BCUT2D eigenvalue weighted by Gasteiger charge is -2.21. The summed E-state index contributed by atoms with van der Waals surface area (Å²) in [6.07, 6.45) is 0. The summed E-state index contributed by atoms with van der Waals surface area (Å²) in [4.78, 5) is 15.9. The highest BCUT2D eigenvalue weighted by Crippen LogP contribution is 2.21. The normalized spacial score (nSPS) is 11.4. The molecule has 1 aromatic carbocycles. The number of aryl methyl sites for hydroxylation is 2. The Balaban J connectivity index is 0.00000576. The number of para-hydroxylation sites is 1. The molecule has 0 atom stereocenters. The molecular formula is C18H31IN4O2. The third-order valence-electron chi connectivity index (χ3n) is 3.20. The van der Waals surface area contributed by atoms with Crippen LogP contribution in [0.2, 0.25) is 0 Å². The van der Waals surface area contributed by atoms with Crippen molar-refractivity contribution in [3.8, 4) is 5.75 Å². The zero-order chi connectivity index (χ0) is 18.2. The number of amides is 1. The molecule has 0 bridgehead atoms. The van der Waals surface area contributed by atoms with Crippen LogP contribution >= 0.6 is 24.0 Å². The summed E-state index contributed by atoms with van der Waals surface area (Å²) in [5, 5.41) is 9.01. The Kier molecular flexibility index (Phi) is 10.5. The number of hydrogen-bond acceptors (Lipinski definition) is 3. The van der Waals surface area contributed by atoms with E-state index >= 15 is 0 Å². The molecule has 0 radical (unpaired) electrons. The average molecular weight is 462 g/mol. The molecule has 0 saturated heterocycles. The van der Waals surface area contributed by atoms with Crippen LogP contribution in [0.5, 0.6) is 5.75 Å². The van der Waals surface area contributed by atoms with Gasteiger partial charge in [0.15, 0.2) is 5.96 Å². The first kappa shape index (κ1) is 23.5. The number of benzene rings is 1. The highest BCUT2D eigenvalue weighted by molar-refractivity contribution is 14.0. The van der Waals surface area contributed by atoms with Crippen molar-refractivity contribution in [2.24, 2.45) is 4.99 Å². The van der Waals surface area contributed by atoms with Gasteiger partial charge in [0.25, 0.3) is 0 Å². The number of nitrogens with zero attached hydrogens (tertiary/aromatic N) is 1. The van der Waals surface area contributed by atoms with E-state index in [1.165, 1.54) is 0 Å². The lowest BCUT2D eigenvalue weighted by atomic mass is 10.1. The Hall–Kier alpha value is -1.51. The van der Waals surface area contributed by atoms with Crippen molar-refractivity contribution in [2.45, 2.75) is 40.2 Å². The number of carbonyl (C=O) groups is 1. The monoisotopic (exact) mass is 462 g/mol. The molecule has 0 aliphatic carbocycles. The van der Waals surface area contributed by atoms with Gasteiger partial charge in [-0.1, -0.05) is 18.2 Å². The summed E-state index contributed by atoms with van der Waals surface area (Å²) in [5.41, 5.74) is 2.00. The Bertz CT molecular complexity index is 563. The highest BCUT2D eigenvalue weighted by Gasteiger charge is 2.13. The van der Waals surface area contributed by atoms with Crippen molar-refractivity contribution in [1.29, 1.82) is 0 Å². The molecule has 0 aromatic heterocycles. The van der Waals surface area contributed by atoms with Gasteiger partial charge in [-0.3, -0.25) is 9.79 Å². The molecule has 0 aliphatic heterocycles. The van der Waals surface area contributed by atoms with Crippen LogP contribution < -0.4 is 20.7 Å². The summed E-state index contributed by atoms with van der Waals surface area (Å²) >= 11 is 0. The molecule has 1 rings (SSSR count). The molecule has 0 fully saturated rings. The molecule has 142 valence electrons. The number of rotatable bonds is 6. The van der Waals surface area contributed by atoms with E-state index in [4.69, 9.17) is 4.74 Å². The van der Waals surface area contributed by atoms with Crippen molar-refractivity contribution in [2.75, 3.05) is 26.7 Å². The molecule has 0 spiro atoms. The van der Waals surface area contributed by atoms with Gasteiger partial charge < -0.3 is 20.7 Å². The third-order valence-corrected chi connectivity index (χ3v) is 3.20. The lowest BCUT2D eigenvalue weighted by Crippen LogP contribution is -2.48. The fourth-order valence-corrected chi connectivity index (χ4v) is 2.20. The molecule has 0 heterocycles. The van der Waals surface area contributed by atoms with E-state index in [9.17, 15) is 4.79 Å². The van der Waals surface area contributed by atoms with E-state index < -0.39 is 0 Å². The van der Waals surface area contributed by atoms with Crippen molar-refractivity contribution >= 4 is 35.8 Å². The van der Waals surface area contributed by atoms with Crippen LogP contribution in [0.1, 0.15) is 31.9 Å². The van der Waals surface area contributed by atoms with E-state index in [2.05, 4.69) is 20.9 Å². The van der Waals surface area contributed by atoms with Crippen LogP contribution in [0.3, 0.4) is 0 Å². The average Bonchev–Trinajstić information content (AvgIpc) is 2.47. The highest BCUT2D eigenvalue weighted by atomic mass is 127. The molecule has 7 heteroatoms. The third kappa shape index (κ3) is 9.52. The second kappa shape index (κ2) is 11.2. The quantitative estimate of drug-likeness (QED) is 0.263. The smallest absolute Gasteiger partial charge is 0.239 e. The van der Waals surface area contributed by atoms with Gasteiger partial charge in [-0.15, -0.1) is 24.0 Å². The number of halogens is 1. The summed E-state index contributed by atoms with van der Waals surface area (Å²) in [6.45, 7) is 11.2. The minimum Gasteiger partial charge on any atom is -0.491 e. The van der Waals surface area contributed by atoms with Crippen LogP contribution in [0.15, 0.2) is 23.2 Å². The molecule has 0 unspecified atom stereocenters. The number of hydrogen-bond donors (Lipinski definition) is 3. The first-order valence-corrected chi connectivity index (χ1v) is 8.17. The maximum Gasteiger partial charge on any atom is 0.239 e. The van der Waals surface area contributed by atoms with Crippen molar-refractivity contribution in [3.63, 3.8) is 0 Å². The summed E-state index contributed by atoms with van der Waals surface area (Å²) in [5.74, 6) is 1.42. The van der Waals surface area contributed by atoms with E-state index in [-0.39, 0.29) is 42.0 Å². The van der Waals surface area contributed by atoms with Gasteiger partial charge in [0, 0.05) is 12.6 Å². The Morgan fingerprint density at radius 3 is 2.28 bits per heavy atom. The van der Waals surface area contributed by atoms with E-state index in [1.807, 2.05) is 52.8 Å². The van der Waals surface area contributed by atoms with Gasteiger partial charge >= 0.3 is 0 Å². The van der Waals surface area contributed by atoms with Crippen LogP contribution in [0.25, 0.3) is 0 Å². The Morgan fingerprint density at radius 2 is 1.76 bits per heavy atom. The van der Waals surface area contributed by atoms with E-state index in [0.29, 0.717) is 19.1 Å². The van der Waals surface area contributed by atoms with Gasteiger partial charge in [0.1, 0.15) is 12.4 Å². The zero-order valence-corrected chi connectivity index (χ0v) is 18.4. The predicted molar refractivity (Wildman–Crippen MR) is 114 cm³/mol. The maximum absolute atomic E-state index is 11.8. The molecule has 6 nitrogen and oxygen atoms in total. The molecule has 3 N–H and O–H groups in total. The first-order valence-electron chi connectivity index (χ1n) is 8.17. The van der Waals surface area contributed by atoms with Crippen LogP contribution in [0.4, 0.5) is 0 Å². The van der Waals surface area contributed by atoms with Crippen molar-refractivity contribution in [3.05, 3.63) is 29.3 Å². The van der Waals surface area contributed by atoms with Gasteiger partial charge in [-0.25, -0.2) is 0 Å². The number of carbonyl (C=O) groups excluding carboxylic acids is 1. The molecule has 1 aromatic rings. The van der Waals surface area contributed by atoms with Gasteiger partial charge in [0.2, 0.25) is 5.91 Å². The SMILES string of the molecule is CN=C(NCCOc1c(C)cccc1C)NCC(=O)NC(C)(C)C.I. The molecular weight excluding hydrogens is 431 g/mol. The first-order chi connectivity index (χ1) is 11.2. The number of ether oxygens (including phenoxy) is 1. The summed E-state index contributed by atoms with van der Waals surface area (Å²) in [6, 6.07) is 6.08. The lowest BCUT2D eigenvalue weighted by molar-refractivity contribution is -0.121. The molecule has 25 heavy (non-hydrogen) atoms. The number of guanidine groups is 1. The molecule has 0 aliphatic rings. The predicted octanol–water partition coefficient (Wildman–Crippen LogP) is 2.38. The van der Waals surface area contributed by atoms with Crippen LogP contribution in [0, 0.1) is 13.8 Å². The molecule has 1 amide bonds. The summed E-state index contributed by atoms with van der Waals surface area (Å²) in [7, 11) is 1.67. The topological polar surface area (TPSA) is 74.8 Å². The van der Waals surface area contributed by atoms with Gasteiger partial charge in [-0.2, -0.15) is 0 Å². The standard InChI is InChI=1S/C18H30N4O2.HI/c1-13-8-7-9-14(2)16(13)24-11-10-20-17(19-6)21-12-15(23)22-18(3,4)5;/h7-9H,10-12H2,1-6H3,(H,22,23)(H2,19,20,21);1H. The zero-order valence-electron chi connectivity index (χ0n) is 16.0. The minimum absolute atomic E-state index is 0. The Labute approximate surface area is 168 Å². The summed E-state index contributed by atoms with van der Waals surface area (Å²) < 4.78 is 5.83.